The van der Waals surface area contributed by atoms with Crippen LogP contribution in [0.1, 0.15) is 59.1 Å². The van der Waals surface area contributed by atoms with Crippen LogP contribution in [0.5, 0.6) is 5.75 Å². The number of rotatable bonds is 9. The number of benzene rings is 1. The minimum Gasteiger partial charge on any atom is -0.494 e. The standard InChI is InChI=1S/C18H32N2O/c1-6-18(7-2,20(8-3)9-4)17(19)15-12-11-13-16(14-15)21-10-5/h11-14,17H,6-10,19H2,1-5H3. The van der Waals surface area contributed by atoms with E-state index in [1.165, 1.54) is 0 Å². The summed E-state index contributed by atoms with van der Waals surface area (Å²) in [6.45, 7) is 13.7. The largest absolute Gasteiger partial charge is 0.494 e. The van der Waals surface area contributed by atoms with E-state index in [2.05, 4.69) is 44.7 Å². The Labute approximate surface area is 130 Å². The fraction of sp³-hybridized carbons (Fsp3) is 0.667. The van der Waals surface area contributed by atoms with E-state index in [9.17, 15) is 0 Å². The molecule has 0 radical (unpaired) electrons. The van der Waals surface area contributed by atoms with Crippen LogP contribution in [-0.4, -0.2) is 30.1 Å². The van der Waals surface area contributed by atoms with Gasteiger partial charge in [-0.05, 0) is 50.6 Å². The molecule has 0 bridgehead atoms. The van der Waals surface area contributed by atoms with Gasteiger partial charge in [0.25, 0.3) is 0 Å². The Balaban J connectivity index is 3.16. The molecule has 0 aliphatic heterocycles. The lowest BCUT2D eigenvalue weighted by Gasteiger charge is -2.46. The molecular weight excluding hydrogens is 260 g/mol. The van der Waals surface area contributed by atoms with E-state index in [0.717, 1.165) is 37.2 Å². The molecule has 120 valence electrons. The van der Waals surface area contributed by atoms with Crippen molar-refractivity contribution in [3.63, 3.8) is 0 Å². The molecule has 1 aromatic rings. The van der Waals surface area contributed by atoms with Crippen LogP contribution in [0, 0.1) is 0 Å². The number of hydrogen-bond donors (Lipinski definition) is 1. The molecule has 0 spiro atoms. The molecule has 0 aliphatic rings. The lowest BCUT2D eigenvalue weighted by Crippen LogP contribution is -2.54. The monoisotopic (exact) mass is 292 g/mol. The maximum atomic E-state index is 6.72. The van der Waals surface area contributed by atoms with Gasteiger partial charge in [-0.1, -0.05) is 39.8 Å². The van der Waals surface area contributed by atoms with E-state index in [0.29, 0.717) is 6.61 Å². The average molecular weight is 292 g/mol. The molecule has 1 aromatic carbocycles. The molecule has 0 saturated heterocycles. The first-order valence-electron chi connectivity index (χ1n) is 8.32. The summed E-state index contributed by atoms with van der Waals surface area (Å²) in [4.78, 5) is 2.50. The third-order valence-electron chi connectivity index (χ3n) is 4.72. The van der Waals surface area contributed by atoms with Crippen molar-refractivity contribution in [1.29, 1.82) is 0 Å². The van der Waals surface area contributed by atoms with Gasteiger partial charge in [-0.3, -0.25) is 4.90 Å². The van der Waals surface area contributed by atoms with Gasteiger partial charge in [0.1, 0.15) is 5.75 Å². The third-order valence-corrected chi connectivity index (χ3v) is 4.72. The van der Waals surface area contributed by atoms with E-state index < -0.39 is 0 Å². The highest BCUT2D eigenvalue weighted by atomic mass is 16.5. The molecule has 1 unspecified atom stereocenters. The zero-order valence-electron chi connectivity index (χ0n) is 14.4. The highest BCUT2D eigenvalue weighted by molar-refractivity contribution is 5.32. The Bertz CT molecular complexity index is 411. The number of hydrogen-bond acceptors (Lipinski definition) is 3. The topological polar surface area (TPSA) is 38.5 Å². The molecule has 3 nitrogen and oxygen atoms in total. The second-order valence-corrected chi connectivity index (χ2v) is 5.47. The van der Waals surface area contributed by atoms with Gasteiger partial charge in [0, 0.05) is 11.6 Å². The number of nitrogens with two attached hydrogens (primary N) is 1. The molecule has 0 amide bonds. The van der Waals surface area contributed by atoms with Crippen molar-refractivity contribution in [3.8, 4) is 5.75 Å². The van der Waals surface area contributed by atoms with E-state index in [1.807, 2.05) is 19.1 Å². The van der Waals surface area contributed by atoms with Crippen LogP contribution in [0.4, 0.5) is 0 Å². The molecule has 2 N–H and O–H groups in total. The van der Waals surface area contributed by atoms with Crippen molar-refractivity contribution in [3.05, 3.63) is 29.8 Å². The van der Waals surface area contributed by atoms with Gasteiger partial charge < -0.3 is 10.5 Å². The fourth-order valence-electron chi connectivity index (χ4n) is 3.46. The molecule has 0 saturated carbocycles. The smallest absolute Gasteiger partial charge is 0.119 e. The highest BCUT2D eigenvalue weighted by Gasteiger charge is 2.38. The van der Waals surface area contributed by atoms with E-state index in [1.54, 1.807) is 0 Å². The molecule has 1 rings (SSSR count). The molecular formula is C18H32N2O. The van der Waals surface area contributed by atoms with E-state index in [4.69, 9.17) is 10.5 Å². The van der Waals surface area contributed by atoms with Crippen molar-refractivity contribution < 1.29 is 4.74 Å². The van der Waals surface area contributed by atoms with Crippen molar-refractivity contribution in [2.24, 2.45) is 5.73 Å². The number of ether oxygens (including phenoxy) is 1. The summed E-state index contributed by atoms with van der Waals surface area (Å²) >= 11 is 0. The molecule has 3 heteroatoms. The Morgan fingerprint density at radius 2 is 1.71 bits per heavy atom. The van der Waals surface area contributed by atoms with Gasteiger partial charge in [-0.15, -0.1) is 0 Å². The molecule has 0 fully saturated rings. The van der Waals surface area contributed by atoms with Crippen LogP contribution in [0.2, 0.25) is 0 Å². The Hall–Kier alpha value is -1.06. The zero-order chi connectivity index (χ0) is 15.9. The van der Waals surface area contributed by atoms with Gasteiger partial charge in [-0.2, -0.15) is 0 Å². The average Bonchev–Trinajstić information content (AvgIpc) is 2.52. The van der Waals surface area contributed by atoms with Crippen LogP contribution in [-0.2, 0) is 0 Å². The third kappa shape index (κ3) is 3.78. The van der Waals surface area contributed by atoms with Gasteiger partial charge in [0.15, 0.2) is 0 Å². The van der Waals surface area contributed by atoms with E-state index >= 15 is 0 Å². The van der Waals surface area contributed by atoms with Gasteiger partial charge in [0.2, 0.25) is 0 Å². The minimum atomic E-state index is -0.00666. The molecule has 0 aromatic heterocycles. The summed E-state index contributed by atoms with van der Waals surface area (Å²) in [5.74, 6) is 0.908. The van der Waals surface area contributed by atoms with Crippen molar-refractivity contribution in [1.82, 2.24) is 4.90 Å². The van der Waals surface area contributed by atoms with Crippen molar-refractivity contribution >= 4 is 0 Å². The van der Waals surface area contributed by atoms with Crippen molar-refractivity contribution in [2.75, 3.05) is 19.7 Å². The van der Waals surface area contributed by atoms with E-state index in [-0.39, 0.29) is 11.6 Å². The minimum absolute atomic E-state index is 0.00666. The number of nitrogens with zero attached hydrogens (tertiary/aromatic N) is 1. The summed E-state index contributed by atoms with van der Waals surface area (Å²) in [5.41, 5.74) is 7.89. The summed E-state index contributed by atoms with van der Waals surface area (Å²) < 4.78 is 5.62. The summed E-state index contributed by atoms with van der Waals surface area (Å²) in [7, 11) is 0. The van der Waals surface area contributed by atoms with Crippen LogP contribution < -0.4 is 10.5 Å². The molecule has 0 aliphatic carbocycles. The van der Waals surface area contributed by atoms with Crippen LogP contribution in [0.25, 0.3) is 0 Å². The highest BCUT2D eigenvalue weighted by Crippen LogP contribution is 2.36. The molecule has 21 heavy (non-hydrogen) atoms. The molecule has 1 atom stereocenters. The Morgan fingerprint density at radius 1 is 1.10 bits per heavy atom. The quantitative estimate of drug-likeness (QED) is 0.748. The van der Waals surface area contributed by atoms with Gasteiger partial charge in [0.05, 0.1) is 6.61 Å². The first kappa shape index (κ1) is 18.0. The maximum Gasteiger partial charge on any atom is 0.119 e. The van der Waals surface area contributed by atoms with Crippen LogP contribution in [0.15, 0.2) is 24.3 Å². The van der Waals surface area contributed by atoms with Crippen LogP contribution >= 0.6 is 0 Å². The van der Waals surface area contributed by atoms with Crippen molar-refractivity contribution in [2.45, 2.75) is 59.0 Å². The predicted molar refractivity (Wildman–Crippen MR) is 90.8 cm³/mol. The SMILES string of the molecule is CCOc1cccc(C(N)C(CC)(CC)N(CC)CC)c1. The number of likely N-dealkylation sites (N-methyl/N-ethyl adjacent to an activating group) is 1. The van der Waals surface area contributed by atoms with Gasteiger partial charge >= 0.3 is 0 Å². The second-order valence-electron chi connectivity index (χ2n) is 5.47. The Morgan fingerprint density at radius 3 is 2.19 bits per heavy atom. The molecule has 0 heterocycles. The maximum absolute atomic E-state index is 6.72. The second kappa shape index (κ2) is 8.40. The lowest BCUT2D eigenvalue weighted by atomic mass is 9.79. The first-order valence-corrected chi connectivity index (χ1v) is 8.32. The fourth-order valence-corrected chi connectivity index (χ4v) is 3.46. The normalized spacial score (nSPS) is 13.5. The summed E-state index contributed by atoms with van der Waals surface area (Å²) in [6, 6.07) is 8.25. The van der Waals surface area contributed by atoms with Gasteiger partial charge in [-0.25, -0.2) is 0 Å². The van der Waals surface area contributed by atoms with Crippen LogP contribution in [0.3, 0.4) is 0 Å². The first-order chi connectivity index (χ1) is 10.1. The predicted octanol–water partition coefficient (Wildman–Crippen LogP) is 3.99. The summed E-state index contributed by atoms with van der Waals surface area (Å²) in [5, 5.41) is 0. The Kier molecular flexibility index (Phi) is 7.20. The lowest BCUT2D eigenvalue weighted by molar-refractivity contribution is 0.0624. The zero-order valence-corrected chi connectivity index (χ0v) is 14.4. The summed E-state index contributed by atoms with van der Waals surface area (Å²) in [6.07, 6.45) is 2.09.